The van der Waals surface area contributed by atoms with Crippen LogP contribution in [0.3, 0.4) is 0 Å². The molecule has 0 aliphatic carbocycles. The molecule has 1 amide bonds. The van der Waals surface area contributed by atoms with Gasteiger partial charge in [0.25, 0.3) is 5.91 Å². The van der Waals surface area contributed by atoms with E-state index in [1.54, 1.807) is 19.2 Å². The number of fused-ring (bicyclic) bond motifs is 2. The number of carbonyl (C=O) groups is 2. The molecule has 0 unspecified atom stereocenters. The van der Waals surface area contributed by atoms with Gasteiger partial charge >= 0.3 is 0 Å². The minimum absolute atomic E-state index is 0.0817. The Hall–Kier alpha value is -3.32. The molecule has 4 rings (SSSR count). The van der Waals surface area contributed by atoms with Crippen molar-refractivity contribution in [1.82, 2.24) is 9.97 Å². The van der Waals surface area contributed by atoms with Gasteiger partial charge in [-0.1, -0.05) is 6.07 Å². The second-order valence-electron chi connectivity index (χ2n) is 6.20. The third-order valence-corrected chi connectivity index (χ3v) is 5.51. The molecule has 3 heterocycles. The number of thiophene rings is 1. The number of nitrogens with one attached hydrogen (secondary N) is 1. The highest BCUT2D eigenvalue weighted by Gasteiger charge is 2.20. The maximum absolute atomic E-state index is 12.9. The average Bonchev–Trinajstić information content (AvgIpc) is 2.97. The molecule has 3 N–H and O–H groups in total. The van der Waals surface area contributed by atoms with Crippen molar-refractivity contribution in [2.75, 3.05) is 11.1 Å². The second kappa shape index (κ2) is 6.44. The lowest BCUT2D eigenvalue weighted by Gasteiger charge is -2.07. The fourth-order valence-corrected chi connectivity index (χ4v) is 4.06. The number of nitrogens with two attached hydrogens (primary N) is 1. The van der Waals surface area contributed by atoms with E-state index in [0.29, 0.717) is 37.7 Å². The lowest BCUT2D eigenvalue weighted by atomic mass is 10.1. The van der Waals surface area contributed by atoms with Gasteiger partial charge in [-0.3, -0.25) is 14.6 Å². The summed E-state index contributed by atoms with van der Waals surface area (Å²) in [5, 5.41) is 4.39. The highest BCUT2D eigenvalue weighted by Crippen LogP contribution is 2.34. The van der Waals surface area contributed by atoms with Crippen LogP contribution in [0.5, 0.6) is 0 Å². The number of aromatic nitrogens is 2. The number of nitrogens with zero attached hydrogens (tertiary/aromatic N) is 2. The van der Waals surface area contributed by atoms with E-state index in [1.807, 2.05) is 30.3 Å². The van der Waals surface area contributed by atoms with E-state index in [4.69, 9.17) is 5.73 Å². The molecule has 0 aliphatic rings. The van der Waals surface area contributed by atoms with Crippen LogP contribution < -0.4 is 11.1 Å². The monoisotopic (exact) mass is 376 g/mol. The Morgan fingerprint density at radius 1 is 1.15 bits per heavy atom. The van der Waals surface area contributed by atoms with Gasteiger partial charge in [-0.25, -0.2) is 4.98 Å². The summed E-state index contributed by atoms with van der Waals surface area (Å²) in [4.78, 5) is 34.4. The number of ketones is 1. The number of anilines is 2. The van der Waals surface area contributed by atoms with Crippen LogP contribution in [0.25, 0.3) is 21.1 Å². The minimum atomic E-state index is -0.311. The first-order chi connectivity index (χ1) is 13.0. The zero-order valence-electron chi connectivity index (χ0n) is 14.7. The van der Waals surface area contributed by atoms with Gasteiger partial charge in [0.05, 0.1) is 16.9 Å². The summed E-state index contributed by atoms with van der Waals surface area (Å²) in [6, 6.07) is 11.0. The molecule has 27 heavy (non-hydrogen) atoms. The van der Waals surface area contributed by atoms with Crippen LogP contribution in [0.15, 0.2) is 42.6 Å². The van der Waals surface area contributed by atoms with Crippen LogP contribution in [-0.4, -0.2) is 21.7 Å². The maximum Gasteiger partial charge on any atom is 0.267 e. The minimum Gasteiger partial charge on any atom is -0.397 e. The van der Waals surface area contributed by atoms with Crippen molar-refractivity contribution in [2.24, 2.45) is 0 Å². The number of hydrogen-bond acceptors (Lipinski definition) is 6. The zero-order chi connectivity index (χ0) is 19.1. The number of nitrogen functional groups attached to an aromatic ring is 1. The second-order valence-corrected chi connectivity index (χ2v) is 7.20. The van der Waals surface area contributed by atoms with Gasteiger partial charge in [-0.2, -0.15) is 0 Å². The molecule has 0 aliphatic heterocycles. The Labute approximate surface area is 159 Å². The van der Waals surface area contributed by atoms with Crippen molar-refractivity contribution >= 4 is 55.5 Å². The van der Waals surface area contributed by atoms with E-state index >= 15 is 0 Å². The number of benzene rings is 1. The number of hydrogen-bond donors (Lipinski definition) is 2. The van der Waals surface area contributed by atoms with Gasteiger partial charge in [0.15, 0.2) is 5.78 Å². The normalized spacial score (nSPS) is 11.0. The van der Waals surface area contributed by atoms with Crippen molar-refractivity contribution in [2.45, 2.75) is 13.8 Å². The molecule has 0 fully saturated rings. The van der Waals surface area contributed by atoms with Crippen molar-refractivity contribution < 1.29 is 9.59 Å². The SMILES string of the molecule is CC(=O)c1cc2c(N)c(C(=O)Nc3cccc4ncccc34)sc2nc1C. The molecular weight excluding hydrogens is 360 g/mol. The Balaban J connectivity index is 1.76. The fraction of sp³-hybridized carbons (Fsp3) is 0.100. The molecule has 0 radical (unpaired) electrons. The standard InChI is InChI=1S/C20H16N4O2S/c1-10-13(11(2)25)9-14-17(21)18(27-20(14)23-10)19(26)24-16-7-3-6-15-12(16)5-4-8-22-15/h3-9H,21H2,1-2H3,(H,24,26). The molecule has 7 heteroatoms. The molecule has 134 valence electrons. The summed E-state index contributed by atoms with van der Waals surface area (Å²) >= 11 is 1.22. The molecule has 0 bridgehead atoms. The first kappa shape index (κ1) is 17.1. The Morgan fingerprint density at radius 3 is 2.74 bits per heavy atom. The van der Waals surface area contributed by atoms with E-state index in [0.717, 1.165) is 10.9 Å². The third kappa shape index (κ3) is 2.92. The topological polar surface area (TPSA) is 98.0 Å². The van der Waals surface area contributed by atoms with Gasteiger partial charge < -0.3 is 11.1 Å². The zero-order valence-corrected chi connectivity index (χ0v) is 15.6. The molecule has 3 aromatic heterocycles. The van der Waals surface area contributed by atoms with Crippen molar-refractivity contribution in [3.8, 4) is 0 Å². The molecule has 6 nitrogen and oxygen atoms in total. The van der Waals surface area contributed by atoms with Crippen LogP contribution in [0.2, 0.25) is 0 Å². The molecule has 0 atom stereocenters. The van der Waals surface area contributed by atoms with E-state index < -0.39 is 0 Å². The van der Waals surface area contributed by atoms with Gasteiger partial charge in [0.2, 0.25) is 0 Å². The van der Waals surface area contributed by atoms with E-state index in [1.165, 1.54) is 18.3 Å². The van der Waals surface area contributed by atoms with E-state index in [9.17, 15) is 9.59 Å². The van der Waals surface area contributed by atoms with Gasteiger partial charge in [0, 0.05) is 28.2 Å². The summed E-state index contributed by atoms with van der Waals surface area (Å²) in [5.74, 6) is -0.393. The van der Waals surface area contributed by atoms with Crippen molar-refractivity contribution in [3.05, 3.63) is 58.7 Å². The summed E-state index contributed by atoms with van der Waals surface area (Å²) in [6.07, 6.45) is 1.71. The lowest BCUT2D eigenvalue weighted by Crippen LogP contribution is -2.12. The van der Waals surface area contributed by atoms with Gasteiger partial charge in [-0.15, -0.1) is 11.3 Å². The largest absolute Gasteiger partial charge is 0.397 e. The maximum atomic E-state index is 12.9. The number of aryl methyl sites for hydroxylation is 1. The van der Waals surface area contributed by atoms with Crippen molar-refractivity contribution in [3.63, 3.8) is 0 Å². The highest BCUT2D eigenvalue weighted by atomic mass is 32.1. The first-order valence-corrected chi connectivity index (χ1v) is 9.13. The first-order valence-electron chi connectivity index (χ1n) is 8.31. The Kier molecular flexibility index (Phi) is 4.08. The number of Topliss-reactive ketones (excluding diaryl/α,β-unsaturated/α-hetero) is 1. The number of pyridine rings is 2. The van der Waals surface area contributed by atoms with Crippen molar-refractivity contribution in [1.29, 1.82) is 0 Å². The van der Waals surface area contributed by atoms with E-state index in [2.05, 4.69) is 15.3 Å². The molecule has 1 aromatic carbocycles. The number of rotatable bonds is 3. The predicted molar refractivity (Wildman–Crippen MR) is 108 cm³/mol. The molecule has 4 aromatic rings. The van der Waals surface area contributed by atoms with Crippen LogP contribution in [0.1, 0.15) is 32.6 Å². The predicted octanol–water partition coefficient (Wildman–Crippen LogP) is 4.19. The molecule has 0 spiro atoms. The molecule has 0 saturated heterocycles. The summed E-state index contributed by atoms with van der Waals surface area (Å²) in [5.41, 5.74) is 9.14. The van der Waals surface area contributed by atoms with Crippen LogP contribution in [0, 0.1) is 6.92 Å². The molecule has 0 saturated carbocycles. The smallest absolute Gasteiger partial charge is 0.267 e. The lowest BCUT2D eigenvalue weighted by molar-refractivity contribution is 0.101. The number of amides is 1. The molecular formula is C20H16N4O2S. The average molecular weight is 376 g/mol. The van der Waals surface area contributed by atoms with Gasteiger partial charge in [-0.05, 0) is 44.2 Å². The summed E-state index contributed by atoms with van der Waals surface area (Å²) < 4.78 is 0. The Morgan fingerprint density at radius 2 is 1.96 bits per heavy atom. The quantitative estimate of drug-likeness (QED) is 0.523. The van der Waals surface area contributed by atoms with Crippen LogP contribution >= 0.6 is 11.3 Å². The van der Waals surface area contributed by atoms with Gasteiger partial charge in [0.1, 0.15) is 9.71 Å². The summed E-state index contributed by atoms with van der Waals surface area (Å²) in [7, 11) is 0. The number of carbonyl (C=O) groups excluding carboxylic acids is 2. The van der Waals surface area contributed by atoms with E-state index in [-0.39, 0.29) is 11.7 Å². The summed E-state index contributed by atoms with van der Waals surface area (Å²) in [6.45, 7) is 3.26. The highest BCUT2D eigenvalue weighted by molar-refractivity contribution is 7.21. The van der Waals surface area contributed by atoms with Crippen LogP contribution in [0.4, 0.5) is 11.4 Å². The Bertz CT molecular complexity index is 1220. The fourth-order valence-electron chi connectivity index (χ4n) is 3.04. The van der Waals surface area contributed by atoms with Crippen LogP contribution in [-0.2, 0) is 0 Å². The third-order valence-electron chi connectivity index (χ3n) is 4.39.